The van der Waals surface area contributed by atoms with E-state index in [1.807, 2.05) is 37.3 Å². The van der Waals surface area contributed by atoms with Crippen molar-refractivity contribution in [3.05, 3.63) is 108 Å². The van der Waals surface area contributed by atoms with E-state index in [2.05, 4.69) is 9.71 Å². The van der Waals surface area contributed by atoms with Gasteiger partial charge >= 0.3 is 12.1 Å². The van der Waals surface area contributed by atoms with Gasteiger partial charge in [-0.1, -0.05) is 74.0 Å². The summed E-state index contributed by atoms with van der Waals surface area (Å²) in [5.41, 5.74) is 8.53. The summed E-state index contributed by atoms with van der Waals surface area (Å²) in [6.07, 6.45) is 1.80. The standard InChI is InChI=1S/C38H43N3O10S2/c1-4-6-22-49-38(43)41-37(39)30-18-19-32(50-25-27-12-8-7-9-13-27)35(24-30)53(46,47)40-21-20-28-16-17-29(23-33(28)51-26-36(42)48-5-2)31-14-10-11-15-34(31)52(3,44)45/h7-19,23-24,40H,4-6,20-22,25-26H2,1-3H3,(H2,39,41,43). The van der Waals surface area contributed by atoms with Crippen molar-refractivity contribution in [3.63, 3.8) is 0 Å². The lowest BCUT2D eigenvalue weighted by atomic mass is 10.0. The van der Waals surface area contributed by atoms with Gasteiger partial charge in [-0.05, 0) is 66.8 Å². The number of unbranched alkanes of at least 4 members (excludes halogenated alkanes) is 1. The first kappa shape index (κ1) is 40.5. The van der Waals surface area contributed by atoms with Gasteiger partial charge in [0.25, 0.3) is 0 Å². The van der Waals surface area contributed by atoms with Crippen LogP contribution in [0.4, 0.5) is 4.79 Å². The summed E-state index contributed by atoms with van der Waals surface area (Å²) in [4.78, 5) is 28.0. The van der Waals surface area contributed by atoms with E-state index >= 15 is 0 Å². The van der Waals surface area contributed by atoms with Gasteiger partial charge in [0, 0.05) is 23.9 Å². The molecule has 0 saturated heterocycles. The normalized spacial score (nSPS) is 11.9. The zero-order valence-electron chi connectivity index (χ0n) is 29.7. The number of carbonyl (C=O) groups excluding carboxylic acids is 2. The summed E-state index contributed by atoms with van der Waals surface area (Å²) < 4.78 is 77.1. The zero-order chi connectivity index (χ0) is 38.4. The maximum Gasteiger partial charge on any atom is 0.435 e. The van der Waals surface area contributed by atoms with Crippen molar-refractivity contribution in [1.29, 1.82) is 0 Å². The molecule has 0 aromatic heterocycles. The van der Waals surface area contributed by atoms with Crippen molar-refractivity contribution in [1.82, 2.24) is 4.72 Å². The average molecular weight is 766 g/mol. The summed E-state index contributed by atoms with van der Waals surface area (Å²) in [6, 6.07) is 24.8. The van der Waals surface area contributed by atoms with E-state index in [0.717, 1.165) is 18.2 Å². The first-order valence-corrected chi connectivity index (χ1v) is 20.2. The summed E-state index contributed by atoms with van der Waals surface area (Å²) in [5.74, 6) is -0.572. The van der Waals surface area contributed by atoms with Crippen LogP contribution in [0.25, 0.3) is 11.1 Å². The van der Waals surface area contributed by atoms with Gasteiger partial charge in [-0.3, -0.25) is 0 Å². The van der Waals surface area contributed by atoms with E-state index in [0.29, 0.717) is 23.1 Å². The minimum atomic E-state index is -4.27. The number of amidine groups is 1. The molecule has 0 atom stereocenters. The van der Waals surface area contributed by atoms with Gasteiger partial charge in [-0.15, -0.1) is 0 Å². The first-order chi connectivity index (χ1) is 25.3. The number of esters is 1. The highest BCUT2D eigenvalue weighted by molar-refractivity contribution is 7.91. The lowest BCUT2D eigenvalue weighted by Gasteiger charge is -2.16. The molecule has 0 bridgehead atoms. The van der Waals surface area contributed by atoms with Gasteiger partial charge in [-0.2, -0.15) is 4.99 Å². The van der Waals surface area contributed by atoms with E-state index in [1.54, 1.807) is 43.3 Å². The molecular weight excluding hydrogens is 723 g/mol. The minimum Gasteiger partial charge on any atom is -0.487 e. The number of nitrogens with zero attached hydrogens (tertiary/aromatic N) is 1. The number of hydrogen-bond donors (Lipinski definition) is 2. The zero-order valence-corrected chi connectivity index (χ0v) is 31.4. The van der Waals surface area contributed by atoms with E-state index < -0.39 is 38.5 Å². The minimum absolute atomic E-state index is 0.0378. The maximum absolute atomic E-state index is 13.9. The second-order valence-corrected chi connectivity index (χ2v) is 15.5. The molecule has 4 rings (SSSR count). The number of rotatable bonds is 18. The van der Waals surface area contributed by atoms with E-state index in [9.17, 15) is 26.4 Å². The number of benzene rings is 4. The Balaban J connectivity index is 1.62. The molecule has 282 valence electrons. The Kier molecular flexibility index (Phi) is 14.5. The molecule has 53 heavy (non-hydrogen) atoms. The van der Waals surface area contributed by atoms with Gasteiger partial charge in [0.15, 0.2) is 16.4 Å². The number of sulfonamides is 1. The van der Waals surface area contributed by atoms with Crippen molar-refractivity contribution in [2.75, 3.05) is 32.6 Å². The lowest BCUT2D eigenvalue weighted by molar-refractivity contribution is -0.145. The predicted molar refractivity (Wildman–Crippen MR) is 200 cm³/mol. The Labute approximate surface area is 310 Å². The van der Waals surface area contributed by atoms with Crippen LogP contribution >= 0.6 is 0 Å². The molecule has 0 spiro atoms. The molecule has 0 aliphatic carbocycles. The third-order valence-electron chi connectivity index (χ3n) is 7.70. The fourth-order valence-electron chi connectivity index (χ4n) is 5.06. The third kappa shape index (κ3) is 11.9. The van der Waals surface area contributed by atoms with Crippen LogP contribution in [-0.4, -0.2) is 67.4 Å². The Hall–Kier alpha value is -5.25. The molecule has 4 aromatic rings. The van der Waals surface area contributed by atoms with E-state index in [-0.39, 0.29) is 65.5 Å². The molecule has 0 aliphatic heterocycles. The summed E-state index contributed by atoms with van der Waals surface area (Å²) in [7, 11) is -7.85. The fourth-order valence-corrected chi connectivity index (χ4v) is 7.17. The number of aliphatic imine (C=N–C) groups is 1. The second kappa shape index (κ2) is 19.0. The number of nitrogens with one attached hydrogen (secondary N) is 1. The van der Waals surface area contributed by atoms with Crippen LogP contribution in [0, 0.1) is 0 Å². The van der Waals surface area contributed by atoms with E-state index in [4.69, 9.17) is 24.7 Å². The number of hydrogen-bond acceptors (Lipinski definition) is 10. The van der Waals surface area contributed by atoms with Crippen LogP contribution in [0.15, 0.2) is 106 Å². The number of ether oxygens (including phenoxy) is 4. The molecular formula is C38H43N3O10S2. The topological polar surface area (TPSA) is 190 Å². The summed E-state index contributed by atoms with van der Waals surface area (Å²) in [5, 5.41) is 0. The van der Waals surface area contributed by atoms with Crippen molar-refractivity contribution in [2.45, 2.75) is 49.5 Å². The molecule has 13 nitrogen and oxygen atoms in total. The molecule has 0 saturated carbocycles. The quantitative estimate of drug-likeness (QED) is 0.0568. The highest BCUT2D eigenvalue weighted by Crippen LogP contribution is 2.32. The van der Waals surface area contributed by atoms with Crippen LogP contribution in [-0.2, 0) is 47.2 Å². The van der Waals surface area contributed by atoms with Crippen LogP contribution in [0.3, 0.4) is 0 Å². The molecule has 0 radical (unpaired) electrons. The highest BCUT2D eigenvalue weighted by atomic mass is 32.2. The summed E-state index contributed by atoms with van der Waals surface area (Å²) >= 11 is 0. The molecule has 3 N–H and O–H groups in total. The van der Waals surface area contributed by atoms with Crippen LogP contribution in [0.5, 0.6) is 11.5 Å². The van der Waals surface area contributed by atoms with Crippen molar-refractivity contribution in [2.24, 2.45) is 10.7 Å². The van der Waals surface area contributed by atoms with Crippen molar-refractivity contribution < 1.29 is 45.4 Å². The smallest absolute Gasteiger partial charge is 0.435 e. The molecule has 0 aliphatic rings. The Morgan fingerprint density at radius 3 is 2.26 bits per heavy atom. The monoisotopic (exact) mass is 765 g/mol. The third-order valence-corrected chi connectivity index (χ3v) is 10.3. The Morgan fingerprint density at radius 2 is 1.55 bits per heavy atom. The van der Waals surface area contributed by atoms with Gasteiger partial charge < -0.3 is 24.7 Å². The number of sulfone groups is 1. The van der Waals surface area contributed by atoms with Gasteiger partial charge in [0.2, 0.25) is 10.0 Å². The summed E-state index contributed by atoms with van der Waals surface area (Å²) in [6.45, 7) is 3.47. The number of amides is 1. The number of nitrogens with two attached hydrogens (primary N) is 1. The number of carbonyl (C=O) groups is 2. The van der Waals surface area contributed by atoms with Crippen LogP contribution < -0.4 is 19.9 Å². The Morgan fingerprint density at radius 1 is 0.811 bits per heavy atom. The first-order valence-electron chi connectivity index (χ1n) is 16.8. The van der Waals surface area contributed by atoms with Crippen LogP contribution in [0.2, 0.25) is 0 Å². The maximum atomic E-state index is 13.9. The largest absolute Gasteiger partial charge is 0.487 e. The van der Waals surface area contributed by atoms with Crippen LogP contribution in [0.1, 0.15) is 43.4 Å². The van der Waals surface area contributed by atoms with Crippen molar-refractivity contribution >= 4 is 37.8 Å². The SMILES string of the molecule is CCCCOC(=O)N=C(N)c1ccc(OCc2ccccc2)c(S(=O)(=O)NCCc2ccc(-c3ccccc3S(C)(=O)=O)cc2OCC(=O)OCC)c1. The fraction of sp³-hybridized carbons (Fsp3) is 0.289. The molecule has 0 unspecified atom stereocenters. The van der Waals surface area contributed by atoms with Gasteiger partial charge in [-0.25, -0.2) is 31.1 Å². The molecule has 0 fully saturated rings. The predicted octanol–water partition coefficient (Wildman–Crippen LogP) is 5.44. The van der Waals surface area contributed by atoms with E-state index in [1.165, 1.54) is 24.3 Å². The molecule has 0 heterocycles. The Bertz CT molecular complexity index is 2140. The average Bonchev–Trinajstić information content (AvgIpc) is 3.13. The molecule has 4 aromatic carbocycles. The highest BCUT2D eigenvalue weighted by Gasteiger charge is 2.23. The second-order valence-electron chi connectivity index (χ2n) is 11.7. The van der Waals surface area contributed by atoms with Gasteiger partial charge in [0.1, 0.15) is 28.8 Å². The molecule has 1 amide bonds. The van der Waals surface area contributed by atoms with Crippen molar-refractivity contribution in [3.8, 4) is 22.6 Å². The lowest BCUT2D eigenvalue weighted by Crippen LogP contribution is -2.27. The molecule has 15 heteroatoms. The van der Waals surface area contributed by atoms with Gasteiger partial charge in [0.05, 0.1) is 18.1 Å².